The molecule has 0 atom stereocenters. The summed E-state index contributed by atoms with van der Waals surface area (Å²) in [7, 11) is 1.76. The number of nitrogens with zero attached hydrogens (tertiary/aromatic N) is 6. The van der Waals surface area contributed by atoms with Gasteiger partial charge in [-0.1, -0.05) is 0 Å². The van der Waals surface area contributed by atoms with Crippen molar-refractivity contribution in [3.05, 3.63) is 36.4 Å². The summed E-state index contributed by atoms with van der Waals surface area (Å²) in [6.45, 7) is 1.28. The number of imidazole rings is 1. The lowest BCUT2D eigenvalue weighted by Crippen LogP contribution is -2.30. The lowest BCUT2D eigenvalue weighted by Gasteiger charge is -2.28. The van der Waals surface area contributed by atoms with Gasteiger partial charge in [0.15, 0.2) is 5.65 Å². The van der Waals surface area contributed by atoms with Crippen LogP contribution in [0.3, 0.4) is 0 Å². The molecular weight excluding hydrogens is 416 g/mol. The van der Waals surface area contributed by atoms with Gasteiger partial charge < -0.3 is 14.6 Å². The van der Waals surface area contributed by atoms with E-state index >= 15 is 0 Å². The summed E-state index contributed by atoms with van der Waals surface area (Å²) >= 11 is 0. The van der Waals surface area contributed by atoms with Crippen molar-refractivity contribution in [2.24, 2.45) is 0 Å². The number of methoxy groups -OCH3 is 1. The Balaban J connectivity index is 1.42. The SMILES string of the molecule is CO[C@H]1CC[C@@H](Nc2ncc3c(-c4ccc5nc(C)n(CC(F)F)c5n4)ccn3n2)CC1. The van der Waals surface area contributed by atoms with Crippen molar-refractivity contribution < 1.29 is 13.5 Å². The Morgan fingerprint density at radius 3 is 2.72 bits per heavy atom. The number of fused-ring (bicyclic) bond motifs is 2. The zero-order valence-electron chi connectivity index (χ0n) is 18.0. The molecule has 0 bridgehead atoms. The van der Waals surface area contributed by atoms with Crippen LogP contribution in [-0.2, 0) is 11.3 Å². The van der Waals surface area contributed by atoms with E-state index in [4.69, 9.17) is 4.74 Å². The topological polar surface area (TPSA) is 82.2 Å². The third kappa shape index (κ3) is 3.90. The monoisotopic (exact) mass is 441 g/mol. The highest BCUT2D eigenvalue weighted by molar-refractivity contribution is 5.82. The van der Waals surface area contributed by atoms with Crippen molar-refractivity contribution in [2.75, 3.05) is 12.4 Å². The summed E-state index contributed by atoms with van der Waals surface area (Å²) in [5.41, 5.74) is 3.34. The lowest BCUT2D eigenvalue weighted by atomic mass is 9.93. The minimum absolute atomic E-state index is 0.330. The van der Waals surface area contributed by atoms with E-state index in [1.165, 1.54) is 4.57 Å². The van der Waals surface area contributed by atoms with Crippen LogP contribution in [0, 0.1) is 6.92 Å². The maximum Gasteiger partial charge on any atom is 0.256 e. The average molecular weight is 441 g/mol. The van der Waals surface area contributed by atoms with Gasteiger partial charge in [-0.25, -0.2) is 28.2 Å². The van der Waals surface area contributed by atoms with Gasteiger partial charge in [-0.2, -0.15) is 0 Å². The number of hydrogen-bond donors (Lipinski definition) is 1. The summed E-state index contributed by atoms with van der Waals surface area (Å²) in [5, 5.41) is 8.02. The van der Waals surface area contributed by atoms with E-state index in [2.05, 4.69) is 25.4 Å². The van der Waals surface area contributed by atoms with E-state index in [-0.39, 0.29) is 0 Å². The average Bonchev–Trinajstić information content (AvgIpc) is 3.34. The van der Waals surface area contributed by atoms with Crippen LogP contribution in [0.2, 0.25) is 0 Å². The smallest absolute Gasteiger partial charge is 0.256 e. The van der Waals surface area contributed by atoms with Gasteiger partial charge in [0.1, 0.15) is 11.3 Å². The van der Waals surface area contributed by atoms with Gasteiger partial charge in [-0.3, -0.25) is 0 Å². The van der Waals surface area contributed by atoms with Gasteiger partial charge in [-0.15, -0.1) is 5.10 Å². The standard InChI is InChI=1S/C22H25F2N7O/c1-13-26-18-8-7-17(28-21(18)30(13)12-20(23)24)16-9-10-31-19(16)11-25-22(29-31)27-14-3-5-15(32-2)6-4-14/h7-11,14-15,20H,3-6,12H2,1-2H3,(H,27,29)/t14-,15+. The first-order chi connectivity index (χ1) is 15.5. The number of alkyl halides is 2. The Labute approximate surface area is 183 Å². The van der Waals surface area contributed by atoms with Gasteiger partial charge in [0.05, 0.1) is 30.1 Å². The fourth-order valence-corrected chi connectivity index (χ4v) is 4.43. The van der Waals surface area contributed by atoms with Crippen molar-refractivity contribution >= 4 is 22.6 Å². The molecule has 1 aliphatic carbocycles. The molecule has 0 radical (unpaired) electrons. The molecule has 10 heteroatoms. The summed E-state index contributed by atoms with van der Waals surface area (Å²) < 4.78 is 34.7. The molecule has 4 heterocycles. The minimum atomic E-state index is -2.48. The van der Waals surface area contributed by atoms with Crippen molar-refractivity contribution in [1.29, 1.82) is 0 Å². The molecule has 1 aliphatic rings. The molecule has 4 aromatic heterocycles. The van der Waals surface area contributed by atoms with E-state index in [1.54, 1.807) is 24.7 Å². The molecule has 5 rings (SSSR count). The highest BCUT2D eigenvalue weighted by Crippen LogP contribution is 2.27. The van der Waals surface area contributed by atoms with Gasteiger partial charge in [0, 0.05) is 24.9 Å². The fraction of sp³-hybridized carbons (Fsp3) is 0.455. The highest BCUT2D eigenvalue weighted by Gasteiger charge is 2.22. The molecule has 0 amide bonds. The van der Waals surface area contributed by atoms with Crippen LogP contribution in [-0.4, -0.2) is 54.8 Å². The van der Waals surface area contributed by atoms with Crippen LogP contribution < -0.4 is 5.32 Å². The first-order valence-electron chi connectivity index (χ1n) is 10.8. The summed E-state index contributed by atoms with van der Waals surface area (Å²) in [6.07, 6.45) is 5.58. The number of anilines is 1. The van der Waals surface area contributed by atoms with Crippen molar-refractivity contribution in [3.63, 3.8) is 0 Å². The first-order valence-corrected chi connectivity index (χ1v) is 10.8. The van der Waals surface area contributed by atoms with Crippen LogP contribution in [0.5, 0.6) is 0 Å². The van der Waals surface area contributed by atoms with E-state index in [0.717, 1.165) is 36.8 Å². The molecule has 0 unspecified atom stereocenters. The summed E-state index contributed by atoms with van der Waals surface area (Å²) in [6, 6.07) is 5.89. The van der Waals surface area contributed by atoms with Crippen LogP contribution >= 0.6 is 0 Å². The van der Waals surface area contributed by atoms with Crippen molar-refractivity contribution in [2.45, 2.75) is 57.7 Å². The third-order valence-electron chi connectivity index (χ3n) is 6.14. The zero-order valence-corrected chi connectivity index (χ0v) is 18.0. The lowest BCUT2D eigenvalue weighted by molar-refractivity contribution is 0.0681. The number of aromatic nitrogens is 6. The maximum atomic E-state index is 13.0. The largest absolute Gasteiger partial charge is 0.381 e. The van der Waals surface area contributed by atoms with Gasteiger partial charge in [-0.05, 0) is 50.8 Å². The Hall–Kier alpha value is -3.14. The van der Waals surface area contributed by atoms with Gasteiger partial charge in [0.2, 0.25) is 5.95 Å². The van der Waals surface area contributed by atoms with Crippen molar-refractivity contribution in [1.82, 2.24) is 29.1 Å². The molecule has 1 saturated carbocycles. The van der Waals surface area contributed by atoms with E-state index in [1.807, 2.05) is 24.4 Å². The number of halogens is 2. The number of aryl methyl sites for hydroxylation is 1. The number of hydrogen-bond acceptors (Lipinski definition) is 6. The Morgan fingerprint density at radius 1 is 1.16 bits per heavy atom. The molecule has 1 N–H and O–H groups in total. The molecule has 8 nitrogen and oxygen atoms in total. The summed E-state index contributed by atoms with van der Waals surface area (Å²) in [5.74, 6) is 1.10. The number of rotatable bonds is 6. The van der Waals surface area contributed by atoms with Crippen LogP contribution in [0.25, 0.3) is 27.9 Å². The Morgan fingerprint density at radius 2 is 1.97 bits per heavy atom. The first kappa shape index (κ1) is 20.7. The fourth-order valence-electron chi connectivity index (χ4n) is 4.43. The second kappa shape index (κ2) is 8.42. The highest BCUT2D eigenvalue weighted by atomic mass is 19.3. The predicted octanol–water partition coefficient (Wildman–Crippen LogP) is 4.08. The molecule has 0 aliphatic heterocycles. The van der Waals surface area contributed by atoms with E-state index in [9.17, 15) is 8.78 Å². The minimum Gasteiger partial charge on any atom is -0.381 e. The van der Waals surface area contributed by atoms with E-state index < -0.39 is 13.0 Å². The molecule has 0 saturated heterocycles. The zero-order chi connectivity index (χ0) is 22.2. The maximum absolute atomic E-state index is 13.0. The summed E-state index contributed by atoms with van der Waals surface area (Å²) in [4.78, 5) is 13.5. The molecule has 0 spiro atoms. The second-order valence-corrected chi connectivity index (χ2v) is 8.19. The quantitative estimate of drug-likeness (QED) is 0.486. The Kier molecular flexibility index (Phi) is 5.46. The number of pyridine rings is 1. The van der Waals surface area contributed by atoms with Crippen LogP contribution in [0.15, 0.2) is 30.6 Å². The molecule has 168 valence electrons. The number of nitrogens with one attached hydrogen (secondary N) is 1. The van der Waals surface area contributed by atoms with Crippen molar-refractivity contribution in [3.8, 4) is 11.3 Å². The van der Waals surface area contributed by atoms with Gasteiger partial charge in [0.25, 0.3) is 6.43 Å². The van der Waals surface area contributed by atoms with Crippen LogP contribution in [0.1, 0.15) is 31.5 Å². The third-order valence-corrected chi connectivity index (χ3v) is 6.14. The Bertz CT molecular complexity index is 1240. The van der Waals surface area contributed by atoms with E-state index in [0.29, 0.717) is 40.8 Å². The number of ether oxygens (including phenoxy) is 1. The van der Waals surface area contributed by atoms with Gasteiger partial charge >= 0.3 is 0 Å². The second-order valence-electron chi connectivity index (χ2n) is 8.19. The van der Waals surface area contributed by atoms with Crippen LogP contribution in [0.4, 0.5) is 14.7 Å². The molecule has 32 heavy (non-hydrogen) atoms. The normalized spacial score (nSPS) is 19.3. The predicted molar refractivity (Wildman–Crippen MR) is 117 cm³/mol. The molecule has 1 fully saturated rings. The molecule has 0 aromatic carbocycles. The molecular formula is C22H25F2N7O. The molecule has 4 aromatic rings.